The van der Waals surface area contributed by atoms with Crippen molar-refractivity contribution in [2.24, 2.45) is 0 Å². The van der Waals surface area contributed by atoms with Crippen molar-refractivity contribution in [1.29, 1.82) is 0 Å². The largest absolute Gasteiger partial charge is 0.497 e. The first-order valence-corrected chi connectivity index (χ1v) is 11.0. The van der Waals surface area contributed by atoms with Crippen molar-refractivity contribution < 1.29 is 19.1 Å². The van der Waals surface area contributed by atoms with Gasteiger partial charge in [-0.2, -0.15) is 0 Å². The molecule has 2 aromatic rings. The van der Waals surface area contributed by atoms with Crippen molar-refractivity contribution in [3.63, 3.8) is 0 Å². The summed E-state index contributed by atoms with van der Waals surface area (Å²) in [6.45, 7) is 7.77. The van der Waals surface area contributed by atoms with E-state index < -0.39 is 11.6 Å². The molecule has 2 aromatic carbocycles. The monoisotopic (exact) mass is 490 g/mol. The molecule has 1 unspecified atom stereocenters. The van der Waals surface area contributed by atoms with Gasteiger partial charge in [-0.25, -0.2) is 0 Å². The van der Waals surface area contributed by atoms with E-state index in [0.717, 1.165) is 10.0 Å². The highest BCUT2D eigenvalue weighted by molar-refractivity contribution is 9.10. The second-order valence-electron chi connectivity index (χ2n) is 8.28. The fourth-order valence-electron chi connectivity index (χ4n) is 3.10. The molecule has 2 amide bonds. The van der Waals surface area contributed by atoms with Crippen LogP contribution in [-0.4, -0.2) is 42.0 Å². The SMILES string of the molecule is CCC(C(=O)NC(C)(C)C)N(Cc1cccc(OC)c1)C(=O)COc1ccc(Br)cc1. The molecule has 0 aliphatic heterocycles. The summed E-state index contributed by atoms with van der Waals surface area (Å²) in [5, 5.41) is 2.99. The molecule has 0 spiro atoms. The molecule has 0 radical (unpaired) electrons. The van der Waals surface area contributed by atoms with Gasteiger partial charge in [-0.15, -0.1) is 0 Å². The first-order valence-electron chi connectivity index (χ1n) is 10.3. The molecule has 0 aliphatic carbocycles. The van der Waals surface area contributed by atoms with Crippen LogP contribution in [0.3, 0.4) is 0 Å². The maximum absolute atomic E-state index is 13.2. The average Bonchev–Trinajstić information content (AvgIpc) is 2.71. The summed E-state index contributed by atoms with van der Waals surface area (Å²) in [4.78, 5) is 27.8. The van der Waals surface area contributed by atoms with E-state index in [2.05, 4.69) is 21.2 Å². The Hall–Kier alpha value is -2.54. The molecule has 168 valence electrons. The molecule has 2 rings (SSSR count). The van der Waals surface area contributed by atoms with Gasteiger partial charge in [-0.05, 0) is 69.2 Å². The van der Waals surface area contributed by atoms with Crippen molar-refractivity contribution >= 4 is 27.7 Å². The van der Waals surface area contributed by atoms with E-state index in [4.69, 9.17) is 9.47 Å². The molecule has 0 saturated carbocycles. The van der Waals surface area contributed by atoms with Gasteiger partial charge in [0.25, 0.3) is 5.91 Å². The Morgan fingerprint density at radius 1 is 1.10 bits per heavy atom. The molecule has 0 aliphatic rings. The number of methoxy groups -OCH3 is 1. The van der Waals surface area contributed by atoms with Crippen LogP contribution in [0.4, 0.5) is 0 Å². The summed E-state index contributed by atoms with van der Waals surface area (Å²) in [5.74, 6) is 0.838. The van der Waals surface area contributed by atoms with E-state index in [0.29, 0.717) is 17.9 Å². The zero-order chi connectivity index (χ0) is 23.0. The van der Waals surface area contributed by atoms with E-state index in [1.165, 1.54) is 0 Å². The van der Waals surface area contributed by atoms with Gasteiger partial charge in [0.2, 0.25) is 5.91 Å². The van der Waals surface area contributed by atoms with Crippen LogP contribution in [0.15, 0.2) is 53.0 Å². The zero-order valence-corrected chi connectivity index (χ0v) is 20.4. The highest BCUT2D eigenvalue weighted by Gasteiger charge is 2.31. The number of hydrogen-bond acceptors (Lipinski definition) is 4. The molecule has 1 N–H and O–H groups in total. The number of carbonyl (C=O) groups is 2. The smallest absolute Gasteiger partial charge is 0.261 e. The molecule has 1 atom stereocenters. The quantitative estimate of drug-likeness (QED) is 0.559. The minimum Gasteiger partial charge on any atom is -0.497 e. The average molecular weight is 491 g/mol. The van der Waals surface area contributed by atoms with E-state index in [-0.39, 0.29) is 25.0 Å². The lowest BCUT2D eigenvalue weighted by Crippen LogP contribution is -2.54. The molecule has 0 aromatic heterocycles. The summed E-state index contributed by atoms with van der Waals surface area (Å²) in [7, 11) is 1.60. The third-order valence-electron chi connectivity index (χ3n) is 4.55. The Morgan fingerprint density at radius 2 is 1.77 bits per heavy atom. The number of hydrogen-bond donors (Lipinski definition) is 1. The van der Waals surface area contributed by atoms with Crippen LogP contribution in [-0.2, 0) is 16.1 Å². The first kappa shape index (κ1) is 24.7. The number of amides is 2. The molecule has 0 heterocycles. The predicted octanol–water partition coefficient (Wildman–Crippen LogP) is 4.56. The molecular weight excluding hydrogens is 460 g/mol. The van der Waals surface area contributed by atoms with Gasteiger partial charge in [-0.3, -0.25) is 9.59 Å². The Bertz CT molecular complexity index is 878. The topological polar surface area (TPSA) is 67.9 Å². The van der Waals surface area contributed by atoms with E-state index in [1.807, 2.05) is 64.1 Å². The van der Waals surface area contributed by atoms with Crippen LogP contribution >= 0.6 is 15.9 Å². The Labute approximate surface area is 193 Å². The third-order valence-corrected chi connectivity index (χ3v) is 5.08. The van der Waals surface area contributed by atoms with Crippen molar-refractivity contribution in [3.05, 3.63) is 58.6 Å². The van der Waals surface area contributed by atoms with Gasteiger partial charge in [-0.1, -0.05) is 35.0 Å². The number of carbonyl (C=O) groups excluding carboxylic acids is 2. The van der Waals surface area contributed by atoms with Gasteiger partial charge >= 0.3 is 0 Å². The summed E-state index contributed by atoms with van der Waals surface area (Å²) < 4.78 is 11.9. The Morgan fingerprint density at radius 3 is 2.35 bits per heavy atom. The van der Waals surface area contributed by atoms with E-state index in [9.17, 15) is 9.59 Å². The standard InChI is InChI=1S/C24H31BrN2O4/c1-6-21(23(29)26-24(2,3)4)27(15-17-8-7-9-20(14-17)30-5)22(28)16-31-19-12-10-18(25)11-13-19/h7-14,21H,6,15-16H2,1-5H3,(H,26,29). The molecule has 6 nitrogen and oxygen atoms in total. The van der Waals surface area contributed by atoms with Crippen LogP contribution in [0.1, 0.15) is 39.7 Å². The fraction of sp³-hybridized carbons (Fsp3) is 0.417. The Kier molecular flexibility index (Phi) is 8.92. The van der Waals surface area contributed by atoms with E-state index >= 15 is 0 Å². The van der Waals surface area contributed by atoms with Gasteiger partial charge in [0.15, 0.2) is 6.61 Å². The molecular formula is C24H31BrN2O4. The highest BCUT2D eigenvalue weighted by atomic mass is 79.9. The zero-order valence-electron chi connectivity index (χ0n) is 18.8. The lowest BCUT2D eigenvalue weighted by molar-refractivity contribution is -0.143. The number of halogens is 1. The van der Waals surface area contributed by atoms with Gasteiger partial charge in [0.05, 0.1) is 7.11 Å². The summed E-state index contributed by atoms with van der Waals surface area (Å²) in [6, 6.07) is 14.1. The van der Waals surface area contributed by atoms with Crippen molar-refractivity contribution in [3.8, 4) is 11.5 Å². The van der Waals surface area contributed by atoms with Gasteiger partial charge in [0.1, 0.15) is 17.5 Å². The second kappa shape index (κ2) is 11.2. The van der Waals surface area contributed by atoms with Crippen molar-refractivity contribution in [2.75, 3.05) is 13.7 Å². The maximum atomic E-state index is 13.2. The molecule has 7 heteroatoms. The predicted molar refractivity (Wildman–Crippen MR) is 125 cm³/mol. The molecule has 0 saturated heterocycles. The van der Waals surface area contributed by atoms with Gasteiger partial charge < -0.3 is 19.7 Å². The third kappa shape index (κ3) is 7.90. The van der Waals surface area contributed by atoms with Crippen LogP contribution in [0.5, 0.6) is 11.5 Å². The minimum atomic E-state index is -0.619. The number of rotatable bonds is 9. The van der Waals surface area contributed by atoms with Crippen LogP contribution in [0.2, 0.25) is 0 Å². The molecule has 0 fully saturated rings. The van der Waals surface area contributed by atoms with Crippen LogP contribution < -0.4 is 14.8 Å². The minimum absolute atomic E-state index is 0.162. The second-order valence-corrected chi connectivity index (χ2v) is 9.19. The van der Waals surface area contributed by atoms with Crippen molar-refractivity contribution in [1.82, 2.24) is 10.2 Å². The highest BCUT2D eigenvalue weighted by Crippen LogP contribution is 2.19. The van der Waals surface area contributed by atoms with Crippen LogP contribution in [0, 0.1) is 0 Å². The number of benzene rings is 2. The lowest BCUT2D eigenvalue weighted by atomic mass is 10.1. The van der Waals surface area contributed by atoms with E-state index in [1.54, 1.807) is 24.1 Å². The lowest BCUT2D eigenvalue weighted by Gasteiger charge is -2.33. The Balaban J connectivity index is 2.24. The fourth-order valence-corrected chi connectivity index (χ4v) is 3.36. The van der Waals surface area contributed by atoms with Crippen LogP contribution in [0.25, 0.3) is 0 Å². The maximum Gasteiger partial charge on any atom is 0.261 e. The summed E-state index contributed by atoms with van der Waals surface area (Å²) in [6.07, 6.45) is 0.482. The summed E-state index contributed by atoms with van der Waals surface area (Å²) in [5.41, 5.74) is 0.474. The first-order chi connectivity index (χ1) is 14.6. The van der Waals surface area contributed by atoms with Gasteiger partial charge in [0, 0.05) is 16.6 Å². The number of nitrogens with zero attached hydrogens (tertiary/aromatic N) is 1. The summed E-state index contributed by atoms with van der Waals surface area (Å²) >= 11 is 3.38. The normalized spacial score (nSPS) is 12.1. The molecule has 31 heavy (non-hydrogen) atoms. The number of nitrogens with one attached hydrogen (secondary N) is 1. The number of ether oxygens (including phenoxy) is 2. The van der Waals surface area contributed by atoms with Crippen molar-refractivity contribution in [2.45, 2.75) is 52.2 Å². The molecule has 0 bridgehead atoms.